The van der Waals surface area contributed by atoms with Crippen molar-refractivity contribution in [1.29, 1.82) is 0 Å². The molecule has 0 saturated carbocycles. The summed E-state index contributed by atoms with van der Waals surface area (Å²) in [6.07, 6.45) is 0.820. The molecular formula is C12H15N3OS. The molecule has 1 unspecified atom stereocenters. The van der Waals surface area contributed by atoms with E-state index in [-0.39, 0.29) is 0 Å². The molecule has 17 heavy (non-hydrogen) atoms. The Hall–Kier alpha value is -1.62. The zero-order valence-corrected chi connectivity index (χ0v) is 10.7. The summed E-state index contributed by atoms with van der Waals surface area (Å²) >= 11 is 4.92. The quantitative estimate of drug-likeness (QED) is 0.819. The second kappa shape index (κ2) is 5.14. The van der Waals surface area contributed by atoms with Crippen molar-refractivity contribution in [1.82, 2.24) is 15.2 Å². The van der Waals surface area contributed by atoms with E-state index in [1.54, 1.807) is 7.11 Å². The molecule has 0 spiro atoms. The van der Waals surface area contributed by atoms with E-state index in [2.05, 4.69) is 28.2 Å². The van der Waals surface area contributed by atoms with E-state index in [1.165, 1.54) is 5.56 Å². The van der Waals surface area contributed by atoms with Crippen LogP contribution in [-0.4, -0.2) is 22.3 Å². The number of nitrogens with one attached hydrogen (secondary N) is 2. The molecule has 2 rings (SSSR count). The van der Waals surface area contributed by atoms with Crippen LogP contribution >= 0.6 is 12.2 Å². The predicted molar refractivity (Wildman–Crippen MR) is 68.9 cm³/mol. The van der Waals surface area contributed by atoms with Gasteiger partial charge in [-0.15, -0.1) is 0 Å². The second-order valence-electron chi connectivity index (χ2n) is 4.00. The van der Waals surface area contributed by atoms with Crippen LogP contribution in [0.1, 0.15) is 24.2 Å². The molecule has 0 aliphatic carbocycles. The maximum absolute atomic E-state index is 5.21. The van der Waals surface area contributed by atoms with Crippen LogP contribution in [0.3, 0.4) is 0 Å². The number of rotatable bonds is 4. The molecule has 2 N–H and O–H groups in total. The smallest absolute Gasteiger partial charge is 0.213 e. The molecule has 5 heteroatoms. The first-order chi connectivity index (χ1) is 8.19. The van der Waals surface area contributed by atoms with E-state index in [4.69, 9.17) is 17.0 Å². The van der Waals surface area contributed by atoms with Gasteiger partial charge in [0.05, 0.1) is 7.11 Å². The summed E-state index contributed by atoms with van der Waals surface area (Å²) in [5.74, 6) is 2.12. The van der Waals surface area contributed by atoms with Gasteiger partial charge in [0.1, 0.15) is 11.6 Å². The van der Waals surface area contributed by atoms with Crippen LogP contribution in [0.5, 0.6) is 5.75 Å². The summed E-state index contributed by atoms with van der Waals surface area (Å²) in [7, 11) is 1.68. The number of H-pyrrole nitrogens is 2. The molecule has 0 amide bonds. The lowest BCUT2D eigenvalue weighted by molar-refractivity contribution is 0.414. The molecule has 0 fully saturated rings. The van der Waals surface area contributed by atoms with Gasteiger partial charge in [0, 0.05) is 6.42 Å². The molecule has 1 atom stereocenters. The van der Waals surface area contributed by atoms with Gasteiger partial charge in [0.15, 0.2) is 0 Å². The number of hydrogen-bond acceptors (Lipinski definition) is 3. The Morgan fingerprint density at radius 2 is 2.24 bits per heavy atom. The average molecular weight is 249 g/mol. The SMILES string of the molecule is COc1cccc(C(C)Cc2nc(=S)[nH][nH]2)c1. The van der Waals surface area contributed by atoms with Crippen molar-refractivity contribution in [3.63, 3.8) is 0 Å². The van der Waals surface area contributed by atoms with Crippen molar-refractivity contribution in [3.05, 3.63) is 40.4 Å². The van der Waals surface area contributed by atoms with Crippen LogP contribution in [-0.2, 0) is 6.42 Å². The molecule has 2 aromatic rings. The number of nitrogens with zero attached hydrogens (tertiary/aromatic N) is 1. The highest BCUT2D eigenvalue weighted by Gasteiger charge is 2.09. The van der Waals surface area contributed by atoms with Gasteiger partial charge in [-0.2, -0.15) is 0 Å². The highest BCUT2D eigenvalue weighted by molar-refractivity contribution is 7.71. The number of aromatic nitrogens is 3. The Morgan fingerprint density at radius 1 is 1.41 bits per heavy atom. The van der Waals surface area contributed by atoms with Gasteiger partial charge in [0.2, 0.25) is 4.77 Å². The molecule has 90 valence electrons. The molecule has 4 nitrogen and oxygen atoms in total. The van der Waals surface area contributed by atoms with Crippen LogP contribution in [0.15, 0.2) is 24.3 Å². The molecule has 0 aliphatic rings. The standard InChI is InChI=1S/C12H15N3OS/c1-8(6-11-13-12(17)15-14-11)9-4-3-5-10(7-9)16-2/h3-5,7-8H,6H2,1-2H3,(H2,13,14,15,17). The maximum atomic E-state index is 5.21. The molecule has 1 aromatic heterocycles. The highest BCUT2D eigenvalue weighted by atomic mass is 32.1. The lowest BCUT2D eigenvalue weighted by atomic mass is 9.97. The van der Waals surface area contributed by atoms with Crippen molar-refractivity contribution < 1.29 is 4.74 Å². The Balaban J connectivity index is 2.13. The third-order valence-electron chi connectivity index (χ3n) is 2.71. The number of benzene rings is 1. The van der Waals surface area contributed by atoms with Crippen molar-refractivity contribution in [3.8, 4) is 5.75 Å². The summed E-state index contributed by atoms with van der Waals surface area (Å²) in [5.41, 5.74) is 1.23. The van der Waals surface area contributed by atoms with Gasteiger partial charge in [-0.05, 0) is 35.8 Å². The summed E-state index contributed by atoms with van der Waals surface area (Å²) < 4.78 is 5.71. The maximum Gasteiger partial charge on any atom is 0.213 e. The summed E-state index contributed by atoms with van der Waals surface area (Å²) in [6, 6.07) is 8.08. The third kappa shape index (κ3) is 2.94. The van der Waals surface area contributed by atoms with E-state index in [0.717, 1.165) is 18.0 Å². The van der Waals surface area contributed by atoms with Crippen molar-refractivity contribution >= 4 is 12.2 Å². The van der Waals surface area contributed by atoms with Gasteiger partial charge in [-0.3, -0.25) is 10.2 Å². The molecule has 0 saturated heterocycles. The topological polar surface area (TPSA) is 53.7 Å². The highest BCUT2D eigenvalue weighted by Crippen LogP contribution is 2.22. The van der Waals surface area contributed by atoms with Gasteiger partial charge in [-0.1, -0.05) is 19.1 Å². The predicted octanol–water partition coefficient (Wildman–Crippen LogP) is 2.82. The van der Waals surface area contributed by atoms with Crippen molar-refractivity contribution in [2.24, 2.45) is 0 Å². The Kier molecular flexibility index (Phi) is 3.58. The van der Waals surface area contributed by atoms with E-state index >= 15 is 0 Å². The minimum atomic E-state index is 0.360. The lowest BCUT2D eigenvalue weighted by Gasteiger charge is -2.11. The molecule has 1 heterocycles. The number of methoxy groups -OCH3 is 1. The Labute approximate surface area is 105 Å². The van der Waals surface area contributed by atoms with E-state index in [1.807, 2.05) is 18.2 Å². The van der Waals surface area contributed by atoms with Crippen LogP contribution in [0, 0.1) is 4.77 Å². The first-order valence-corrected chi connectivity index (χ1v) is 5.87. The second-order valence-corrected chi connectivity index (χ2v) is 4.38. The van der Waals surface area contributed by atoms with Gasteiger partial charge in [-0.25, -0.2) is 4.98 Å². The van der Waals surface area contributed by atoms with Gasteiger partial charge in [0.25, 0.3) is 0 Å². The first kappa shape index (κ1) is 11.9. The van der Waals surface area contributed by atoms with E-state index in [0.29, 0.717) is 10.7 Å². The van der Waals surface area contributed by atoms with Gasteiger partial charge >= 0.3 is 0 Å². The first-order valence-electron chi connectivity index (χ1n) is 5.46. The molecule has 0 aliphatic heterocycles. The largest absolute Gasteiger partial charge is 0.497 e. The van der Waals surface area contributed by atoms with Crippen LogP contribution in [0.25, 0.3) is 0 Å². The molecule has 0 radical (unpaired) electrons. The summed E-state index contributed by atoms with van der Waals surface area (Å²) in [4.78, 5) is 4.19. The van der Waals surface area contributed by atoms with Crippen LogP contribution in [0.4, 0.5) is 0 Å². The van der Waals surface area contributed by atoms with Crippen molar-refractivity contribution in [2.45, 2.75) is 19.3 Å². The minimum absolute atomic E-state index is 0.360. The van der Waals surface area contributed by atoms with Gasteiger partial charge < -0.3 is 4.74 Å². The monoisotopic (exact) mass is 249 g/mol. The number of hydrogen-bond donors (Lipinski definition) is 2. The Morgan fingerprint density at radius 3 is 2.88 bits per heavy atom. The van der Waals surface area contributed by atoms with E-state index < -0.39 is 0 Å². The third-order valence-corrected chi connectivity index (χ3v) is 2.91. The fraction of sp³-hybridized carbons (Fsp3) is 0.333. The summed E-state index contributed by atoms with van der Waals surface area (Å²) in [5, 5.41) is 5.77. The normalized spacial score (nSPS) is 12.4. The molecule has 0 bridgehead atoms. The summed E-state index contributed by atoms with van der Waals surface area (Å²) in [6.45, 7) is 2.15. The number of aromatic amines is 2. The average Bonchev–Trinajstić information content (AvgIpc) is 2.75. The van der Waals surface area contributed by atoms with E-state index in [9.17, 15) is 0 Å². The lowest BCUT2D eigenvalue weighted by Crippen LogP contribution is -2.00. The molecule has 1 aromatic carbocycles. The zero-order valence-electron chi connectivity index (χ0n) is 9.86. The zero-order chi connectivity index (χ0) is 12.3. The van der Waals surface area contributed by atoms with Crippen LogP contribution < -0.4 is 4.74 Å². The minimum Gasteiger partial charge on any atom is -0.497 e. The number of ether oxygens (including phenoxy) is 1. The molecular weight excluding hydrogens is 234 g/mol. The fourth-order valence-electron chi connectivity index (χ4n) is 1.76. The Bertz CT molecular complexity index is 546. The van der Waals surface area contributed by atoms with Crippen molar-refractivity contribution in [2.75, 3.05) is 7.11 Å². The van der Waals surface area contributed by atoms with Crippen LogP contribution in [0.2, 0.25) is 0 Å². The fourth-order valence-corrected chi connectivity index (χ4v) is 1.92.